The molecule has 1 fully saturated rings. The van der Waals surface area contributed by atoms with Crippen LogP contribution in [0.15, 0.2) is 40.8 Å². The Balaban J connectivity index is 1.64. The van der Waals surface area contributed by atoms with Gasteiger partial charge in [0.1, 0.15) is 23.6 Å². The maximum atomic E-state index is 13.6. The first-order valence-electron chi connectivity index (χ1n) is 11.1. The molecule has 2 amide bonds. The molecular formula is C23H29N5O5. The summed E-state index contributed by atoms with van der Waals surface area (Å²) >= 11 is 0. The second kappa shape index (κ2) is 10.6. The molecule has 1 saturated heterocycles. The van der Waals surface area contributed by atoms with Gasteiger partial charge < -0.3 is 24.1 Å². The van der Waals surface area contributed by atoms with Crippen molar-refractivity contribution in [3.63, 3.8) is 0 Å². The fraction of sp³-hybridized carbons (Fsp3) is 0.478. The van der Waals surface area contributed by atoms with Crippen molar-refractivity contribution in [3.8, 4) is 0 Å². The molecule has 33 heavy (non-hydrogen) atoms. The lowest BCUT2D eigenvalue weighted by molar-refractivity contribution is -0.144. The van der Waals surface area contributed by atoms with Crippen LogP contribution in [0.5, 0.6) is 0 Å². The largest absolute Gasteiger partial charge is 0.464 e. The van der Waals surface area contributed by atoms with E-state index in [2.05, 4.69) is 15.6 Å². The van der Waals surface area contributed by atoms with E-state index in [1.165, 1.54) is 4.90 Å². The zero-order valence-electron chi connectivity index (χ0n) is 18.9. The monoisotopic (exact) mass is 455 g/mol. The van der Waals surface area contributed by atoms with E-state index in [1.807, 2.05) is 24.3 Å². The van der Waals surface area contributed by atoms with E-state index in [4.69, 9.17) is 13.9 Å². The van der Waals surface area contributed by atoms with Gasteiger partial charge in [-0.3, -0.25) is 9.59 Å². The van der Waals surface area contributed by atoms with E-state index in [9.17, 15) is 9.59 Å². The number of hydrogen-bond acceptors (Lipinski definition) is 7. The Hall–Kier alpha value is -3.24. The highest BCUT2D eigenvalue weighted by molar-refractivity contribution is 5.88. The molecule has 0 bridgehead atoms. The van der Waals surface area contributed by atoms with E-state index >= 15 is 0 Å². The number of nitrogens with zero attached hydrogens (tertiary/aromatic N) is 4. The number of carbonyl (C=O) groups is 2. The second-order valence-electron chi connectivity index (χ2n) is 8.05. The van der Waals surface area contributed by atoms with Crippen molar-refractivity contribution in [1.82, 2.24) is 25.2 Å². The summed E-state index contributed by atoms with van der Waals surface area (Å²) in [5.41, 5.74) is 1.45. The van der Waals surface area contributed by atoms with Gasteiger partial charge in [0.2, 0.25) is 5.91 Å². The van der Waals surface area contributed by atoms with Gasteiger partial charge in [0, 0.05) is 26.8 Å². The number of carbonyl (C=O) groups excluding carboxylic acids is 2. The molecule has 10 heteroatoms. The van der Waals surface area contributed by atoms with Gasteiger partial charge in [0.25, 0.3) is 5.91 Å². The molecule has 3 heterocycles. The van der Waals surface area contributed by atoms with Crippen molar-refractivity contribution in [2.45, 2.75) is 38.5 Å². The predicted octanol–water partition coefficient (Wildman–Crippen LogP) is 1.84. The number of fused-ring (bicyclic) bond motifs is 1. The van der Waals surface area contributed by atoms with Crippen LogP contribution in [0.3, 0.4) is 0 Å². The van der Waals surface area contributed by atoms with E-state index in [0.717, 1.165) is 18.4 Å². The molecule has 1 aliphatic rings. The van der Waals surface area contributed by atoms with Gasteiger partial charge in [0.05, 0.1) is 18.2 Å². The number of rotatable bonds is 10. The molecule has 1 aromatic carbocycles. The Bertz CT molecular complexity index is 1090. The van der Waals surface area contributed by atoms with E-state index in [0.29, 0.717) is 36.8 Å². The third-order valence-corrected chi connectivity index (χ3v) is 5.65. The molecule has 0 aliphatic carbocycles. The van der Waals surface area contributed by atoms with Crippen LogP contribution < -0.4 is 5.32 Å². The number of furan rings is 1. The Morgan fingerprint density at radius 3 is 2.88 bits per heavy atom. The normalized spacial score (nSPS) is 16.7. The van der Waals surface area contributed by atoms with Gasteiger partial charge in [-0.15, -0.1) is 5.10 Å². The van der Waals surface area contributed by atoms with Crippen LogP contribution in [0.2, 0.25) is 0 Å². The molecule has 0 spiro atoms. The van der Waals surface area contributed by atoms with Crippen LogP contribution in [0.25, 0.3) is 11.0 Å². The average molecular weight is 456 g/mol. The third kappa shape index (κ3) is 5.40. The summed E-state index contributed by atoms with van der Waals surface area (Å²) in [5, 5.41) is 11.1. The summed E-state index contributed by atoms with van der Waals surface area (Å²) in [6.07, 6.45) is 1.60. The van der Waals surface area contributed by atoms with E-state index < -0.39 is 6.04 Å². The highest BCUT2D eigenvalue weighted by atomic mass is 16.5. The zero-order chi connectivity index (χ0) is 23.2. The SMILES string of the molecule is COCCNC(=O)[C@H](c1ccc(C)o1)N(C[C@H]1CCCO1)C(=O)Cn1nnc2ccccc21. The summed E-state index contributed by atoms with van der Waals surface area (Å²) in [4.78, 5) is 28.4. The lowest BCUT2D eigenvalue weighted by Crippen LogP contribution is -2.48. The van der Waals surface area contributed by atoms with Crippen LogP contribution in [-0.2, 0) is 25.6 Å². The maximum Gasteiger partial charge on any atom is 0.250 e. The maximum absolute atomic E-state index is 13.6. The number of hydrogen-bond donors (Lipinski definition) is 1. The first kappa shape index (κ1) is 22.9. The van der Waals surface area contributed by atoms with Gasteiger partial charge in [-0.2, -0.15) is 0 Å². The van der Waals surface area contributed by atoms with Gasteiger partial charge in [0.15, 0.2) is 6.04 Å². The number of benzene rings is 1. The number of methoxy groups -OCH3 is 1. The zero-order valence-corrected chi connectivity index (χ0v) is 18.9. The summed E-state index contributed by atoms with van der Waals surface area (Å²) in [6.45, 7) is 3.34. The van der Waals surface area contributed by atoms with Crippen LogP contribution in [-0.4, -0.2) is 71.2 Å². The highest BCUT2D eigenvalue weighted by Gasteiger charge is 2.36. The lowest BCUT2D eigenvalue weighted by Gasteiger charge is -2.31. The molecule has 4 rings (SSSR count). The van der Waals surface area contributed by atoms with Gasteiger partial charge >= 0.3 is 0 Å². The van der Waals surface area contributed by atoms with Crippen LogP contribution in [0.4, 0.5) is 0 Å². The molecule has 0 saturated carbocycles. The molecule has 2 aromatic heterocycles. The van der Waals surface area contributed by atoms with Crippen molar-refractivity contribution < 1.29 is 23.5 Å². The van der Waals surface area contributed by atoms with Crippen molar-refractivity contribution in [2.24, 2.45) is 0 Å². The molecule has 3 aromatic rings. The molecule has 176 valence electrons. The number of para-hydroxylation sites is 1. The molecule has 10 nitrogen and oxygen atoms in total. The van der Waals surface area contributed by atoms with Crippen molar-refractivity contribution in [2.75, 3.05) is 33.4 Å². The van der Waals surface area contributed by atoms with Gasteiger partial charge in [-0.05, 0) is 44.0 Å². The minimum Gasteiger partial charge on any atom is -0.464 e. The fourth-order valence-corrected chi connectivity index (χ4v) is 4.01. The van der Waals surface area contributed by atoms with E-state index in [-0.39, 0.29) is 31.0 Å². The summed E-state index contributed by atoms with van der Waals surface area (Å²) in [7, 11) is 1.56. The Morgan fingerprint density at radius 2 is 2.15 bits per heavy atom. The van der Waals surface area contributed by atoms with Crippen LogP contribution in [0.1, 0.15) is 30.4 Å². The van der Waals surface area contributed by atoms with Crippen molar-refractivity contribution in [3.05, 3.63) is 47.9 Å². The number of nitrogens with one attached hydrogen (secondary N) is 1. The standard InChI is InChI=1S/C23H29N5O5/c1-16-9-10-20(33-16)22(23(30)24-11-13-31-2)27(14-17-6-5-12-32-17)21(29)15-28-19-8-4-3-7-18(19)25-26-28/h3-4,7-10,17,22H,5-6,11-15H2,1-2H3,(H,24,30)/t17-,22+/m1/s1. The number of aryl methyl sites for hydroxylation is 1. The predicted molar refractivity (Wildman–Crippen MR) is 119 cm³/mol. The smallest absolute Gasteiger partial charge is 0.250 e. The molecular weight excluding hydrogens is 426 g/mol. The van der Waals surface area contributed by atoms with Crippen LogP contribution >= 0.6 is 0 Å². The molecule has 1 N–H and O–H groups in total. The Morgan fingerprint density at radius 1 is 1.30 bits per heavy atom. The summed E-state index contributed by atoms with van der Waals surface area (Å²) < 4.78 is 18.2. The van der Waals surface area contributed by atoms with Gasteiger partial charge in [-0.1, -0.05) is 17.3 Å². The quantitative estimate of drug-likeness (QED) is 0.464. The number of aromatic nitrogens is 3. The van der Waals surface area contributed by atoms with Crippen molar-refractivity contribution in [1.29, 1.82) is 0 Å². The average Bonchev–Trinajstić information content (AvgIpc) is 3.56. The molecule has 0 radical (unpaired) electrons. The summed E-state index contributed by atoms with van der Waals surface area (Å²) in [5.74, 6) is 0.446. The minimum absolute atomic E-state index is 0.0607. The second-order valence-corrected chi connectivity index (χ2v) is 8.05. The highest BCUT2D eigenvalue weighted by Crippen LogP contribution is 2.26. The number of amides is 2. The Kier molecular flexibility index (Phi) is 7.36. The molecule has 2 atom stereocenters. The van der Waals surface area contributed by atoms with Crippen LogP contribution in [0, 0.1) is 6.92 Å². The Labute approximate surface area is 191 Å². The first-order valence-corrected chi connectivity index (χ1v) is 11.1. The minimum atomic E-state index is -0.943. The topological polar surface area (TPSA) is 112 Å². The van der Waals surface area contributed by atoms with E-state index in [1.54, 1.807) is 30.8 Å². The first-order chi connectivity index (χ1) is 16.1. The lowest BCUT2D eigenvalue weighted by atomic mass is 10.1. The van der Waals surface area contributed by atoms with Crippen molar-refractivity contribution >= 4 is 22.8 Å². The number of ether oxygens (including phenoxy) is 2. The molecule has 1 aliphatic heterocycles. The third-order valence-electron chi connectivity index (χ3n) is 5.65. The summed E-state index contributed by atoms with van der Waals surface area (Å²) in [6, 6.07) is 10.0. The van der Waals surface area contributed by atoms with Gasteiger partial charge in [-0.25, -0.2) is 4.68 Å². The fourth-order valence-electron chi connectivity index (χ4n) is 4.01. The molecule has 0 unspecified atom stereocenters.